The molecule has 34 heavy (non-hydrogen) atoms. The van der Waals surface area contributed by atoms with Crippen molar-refractivity contribution >= 4 is 17.3 Å². The summed E-state index contributed by atoms with van der Waals surface area (Å²) in [5.41, 5.74) is 0. The summed E-state index contributed by atoms with van der Waals surface area (Å²) < 4.78 is 0. The maximum Gasteiger partial charge on any atom is 3.00 e. The minimum atomic E-state index is -0.0799. The van der Waals surface area contributed by atoms with E-state index in [0.29, 0.717) is 0 Å². The number of carbonyl (C=O) groups excluding carboxylic acids is 3. The van der Waals surface area contributed by atoms with Crippen LogP contribution < -0.4 is 15.3 Å². The van der Waals surface area contributed by atoms with Gasteiger partial charge in [0, 0.05) is 17.8 Å². The van der Waals surface area contributed by atoms with Crippen LogP contribution in [0.15, 0.2) is 35.5 Å². The van der Waals surface area contributed by atoms with Gasteiger partial charge in [-0.1, -0.05) is 83.1 Å². The number of allylic oxidation sites excluding steroid dienone is 6. The first-order valence-electron chi connectivity index (χ1n) is 11.6. The van der Waals surface area contributed by atoms with Crippen molar-refractivity contribution in [1.82, 2.24) is 0 Å². The van der Waals surface area contributed by atoms with Crippen molar-refractivity contribution in [3.05, 3.63) is 35.5 Å². The average molecular weight is 521 g/mol. The van der Waals surface area contributed by atoms with E-state index in [1.807, 2.05) is 0 Å². The third-order valence-corrected chi connectivity index (χ3v) is 4.27. The monoisotopic (exact) mass is 521 g/mol. The van der Waals surface area contributed by atoms with Gasteiger partial charge in [-0.2, -0.15) is 0 Å². The largest absolute Gasteiger partial charge is 3.00 e. The Morgan fingerprint density at radius 1 is 0.412 bits per heavy atom. The molecule has 0 spiro atoms. The van der Waals surface area contributed by atoms with Gasteiger partial charge in [0.2, 0.25) is 0 Å². The molecule has 0 aliphatic rings. The minimum absolute atomic E-state index is 0. The van der Waals surface area contributed by atoms with Gasteiger partial charge in [0.25, 0.3) is 0 Å². The van der Waals surface area contributed by atoms with Gasteiger partial charge >= 0.3 is 17.1 Å². The molecule has 0 atom stereocenters. The summed E-state index contributed by atoms with van der Waals surface area (Å²) >= 11 is 0. The third kappa shape index (κ3) is 22.0. The Balaban J connectivity index is -0.000000196. The molecule has 0 aromatic carbocycles. The second-order valence-corrected chi connectivity index (χ2v) is 9.78. The Morgan fingerprint density at radius 3 is 0.647 bits per heavy atom. The number of ketones is 3. The SMILES string of the molecule is CC(C)C(=O)C=C([O-])C(C)C.CC(C)C(=O)C=C([O-])C(C)C.CC(C)C(=O)C=C([O-])C(C)C.[Fe+3]. The van der Waals surface area contributed by atoms with Crippen LogP contribution in [0.3, 0.4) is 0 Å². The molecule has 197 valence electrons. The summed E-state index contributed by atoms with van der Waals surface area (Å²) in [6, 6.07) is 0. The molecule has 0 saturated carbocycles. The second kappa shape index (κ2) is 20.5. The predicted molar refractivity (Wildman–Crippen MR) is 128 cm³/mol. The number of hydrogen-bond donors (Lipinski definition) is 0. The van der Waals surface area contributed by atoms with E-state index in [9.17, 15) is 29.7 Å². The van der Waals surface area contributed by atoms with Crippen molar-refractivity contribution in [1.29, 1.82) is 0 Å². The van der Waals surface area contributed by atoms with E-state index in [0.717, 1.165) is 0 Å². The summed E-state index contributed by atoms with van der Waals surface area (Å²) in [7, 11) is 0. The maximum atomic E-state index is 11.0. The van der Waals surface area contributed by atoms with Gasteiger partial charge in [-0.3, -0.25) is 14.4 Å². The zero-order valence-electron chi connectivity index (χ0n) is 23.0. The van der Waals surface area contributed by atoms with Gasteiger partial charge in [-0.15, -0.1) is 17.3 Å². The standard InChI is InChI=1S/3C9H16O2.Fe/c3*1-6(2)8(10)5-9(11)7(3)4;/h3*5-7,10H,1-4H3;/q;;;+3/p-3. The maximum absolute atomic E-state index is 11.0. The fraction of sp³-hybridized carbons (Fsp3) is 0.667. The van der Waals surface area contributed by atoms with Crippen molar-refractivity contribution < 1.29 is 46.8 Å². The molecule has 0 N–H and O–H groups in total. The summed E-state index contributed by atoms with van der Waals surface area (Å²) in [6.07, 6.45) is 3.61. The molecule has 0 aromatic heterocycles. The minimum Gasteiger partial charge on any atom is -0.875 e. The number of hydrogen-bond acceptors (Lipinski definition) is 6. The molecule has 0 bridgehead atoms. The number of carbonyl (C=O) groups is 3. The van der Waals surface area contributed by atoms with Crippen molar-refractivity contribution in [2.45, 2.75) is 83.1 Å². The molecule has 0 aliphatic heterocycles. The van der Waals surface area contributed by atoms with Crippen LogP contribution in [0.2, 0.25) is 0 Å². The topological polar surface area (TPSA) is 120 Å². The molecule has 0 heterocycles. The molecule has 0 unspecified atom stereocenters. The van der Waals surface area contributed by atoms with Crippen molar-refractivity contribution in [3.8, 4) is 0 Å². The molecule has 7 heteroatoms. The van der Waals surface area contributed by atoms with Gasteiger partial charge in [-0.25, -0.2) is 0 Å². The van der Waals surface area contributed by atoms with Crippen LogP contribution in [0.4, 0.5) is 0 Å². The molecule has 0 saturated heterocycles. The smallest absolute Gasteiger partial charge is 0.875 e. The van der Waals surface area contributed by atoms with Crippen LogP contribution in [0.5, 0.6) is 0 Å². The van der Waals surface area contributed by atoms with Crippen LogP contribution in [0, 0.1) is 35.5 Å². The summed E-state index contributed by atoms with van der Waals surface area (Å²) in [6.45, 7) is 21.4. The van der Waals surface area contributed by atoms with Crippen molar-refractivity contribution in [2.24, 2.45) is 35.5 Å². The van der Waals surface area contributed by atoms with Crippen LogP contribution in [-0.2, 0) is 31.5 Å². The van der Waals surface area contributed by atoms with Crippen LogP contribution in [0.1, 0.15) is 83.1 Å². The fourth-order valence-corrected chi connectivity index (χ4v) is 1.42. The predicted octanol–water partition coefficient (Wildman–Crippen LogP) is 3.33. The summed E-state index contributed by atoms with van der Waals surface area (Å²) in [4.78, 5) is 32.9. The van der Waals surface area contributed by atoms with Crippen molar-refractivity contribution in [2.75, 3.05) is 0 Å². The Morgan fingerprint density at radius 2 is 0.559 bits per heavy atom. The van der Waals surface area contributed by atoms with Crippen LogP contribution >= 0.6 is 0 Å². The quantitative estimate of drug-likeness (QED) is 0.261. The molecule has 0 fully saturated rings. The van der Waals surface area contributed by atoms with Gasteiger partial charge in [-0.05, 0) is 36.0 Å². The van der Waals surface area contributed by atoms with Crippen LogP contribution in [0.25, 0.3) is 0 Å². The molecule has 6 nitrogen and oxygen atoms in total. The van der Waals surface area contributed by atoms with E-state index in [1.54, 1.807) is 83.1 Å². The zero-order chi connectivity index (χ0) is 27.0. The van der Waals surface area contributed by atoms with Gasteiger partial charge in [0.05, 0.1) is 0 Å². The molecular weight excluding hydrogens is 476 g/mol. The van der Waals surface area contributed by atoms with Gasteiger partial charge in [0.15, 0.2) is 17.3 Å². The molecule has 0 amide bonds. The zero-order valence-corrected chi connectivity index (χ0v) is 24.1. The molecule has 0 aliphatic carbocycles. The average Bonchev–Trinajstić information content (AvgIpc) is 2.67. The first kappa shape index (κ1) is 39.4. The van der Waals surface area contributed by atoms with E-state index < -0.39 is 0 Å². The van der Waals surface area contributed by atoms with Gasteiger partial charge < -0.3 is 15.3 Å². The fourth-order valence-electron chi connectivity index (χ4n) is 1.42. The van der Waals surface area contributed by atoms with Crippen molar-refractivity contribution in [3.63, 3.8) is 0 Å². The third-order valence-electron chi connectivity index (χ3n) is 4.27. The van der Waals surface area contributed by atoms with E-state index in [-0.39, 0.29) is 87.2 Å². The molecular formula is C27H45FeO6. The summed E-state index contributed by atoms with van der Waals surface area (Å²) in [5.74, 6) is -0.909. The van der Waals surface area contributed by atoms with E-state index >= 15 is 0 Å². The number of rotatable bonds is 9. The normalized spacial score (nSPS) is 12.4. The molecule has 0 rings (SSSR count). The Hall–Kier alpha value is -1.85. The summed E-state index contributed by atoms with van der Waals surface area (Å²) in [5, 5.41) is 32.9. The first-order chi connectivity index (χ1) is 14.8. The molecule has 1 radical (unpaired) electrons. The Bertz CT molecular complexity index is 601. The van der Waals surface area contributed by atoms with Gasteiger partial charge in [0.1, 0.15) is 0 Å². The van der Waals surface area contributed by atoms with E-state index in [4.69, 9.17) is 0 Å². The molecule has 0 aromatic rings. The first-order valence-corrected chi connectivity index (χ1v) is 11.6. The van der Waals surface area contributed by atoms with E-state index in [1.165, 1.54) is 18.2 Å². The second-order valence-electron chi connectivity index (χ2n) is 9.78. The Kier molecular flexibility index (Phi) is 23.8. The van der Waals surface area contributed by atoms with E-state index in [2.05, 4.69) is 0 Å². The van der Waals surface area contributed by atoms with Crippen LogP contribution in [-0.4, -0.2) is 17.3 Å². The Labute approximate surface area is 218 Å².